The summed E-state index contributed by atoms with van der Waals surface area (Å²) in [5, 5.41) is 4.62. The molecule has 0 aliphatic carbocycles. The quantitative estimate of drug-likeness (QED) is 0.447. The van der Waals surface area contributed by atoms with Crippen molar-refractivity contribution in [3.8, 4) is 0 Å². The van der Waals surface area contributed by atoms with Crippen LogP contribution in [0.3, 0.4) is 0 Å². The normalized spacial score (nSPS) is 15.0. The number of amides is 2. The van der Waals surface area contributed by atoms with E-state index in [4.69, 9.17) is 4.89 Å². The van der Waals surface area contributed by atoms with Gasteiger partial charge in [0.25, 0.3) is 11.8 Å². The molecular weight excluding hydrogens is 326 g/mol. The summed E-state index contributed by atoms with van der Waals surface area (Å²) in [7, 11) is 0. The largest absolute Gasteiger partial charge is 0.378 e. The van der Waals surface area contributed by atoms with Crippen LogP contribution in [0.2, 0.25) is 0 Å². The molecule has 0 saturated heterocycles. The van der Waals surface area contributed by atoms with Gasteiger partial charge in [0.15, 0.2) is 0 Å². The summed E-state index contributed by atoms with van der Waals surface area (Å²) in [5.41, 5.74) is -0.228. The minimum Gasteiger partial charge on any atom is -0.269 e. The number of imide groups is 1. The Morgan fingerprint density at radius 3 is 2.36 bits per heavy atom. The molecule has 0 bridgehead atoms. The molecule has 0 unspecified atom stereocenters. The molecule has 0 radical (unpaired) electrons. The molecule has 1 aliphatic heterocycles. The molecule has 1 heterocycles. The van der Waals surface area contributed by atoms with Crippen molar-refractivity contribution >= 4 is 23.5 Å². The maximum atomic E-state index is 12.3. The highest BCUT2D eigenvalue weighted by atomic mass is 17.5. The Bertz CT molecular complexity index is 735. The van der Waals surface area contributed by atoms with Gasteiger partial charge in [0.2, 0.25) is 0 Å². The molecule has 7 heteroatoms. The van der Waals surface area contributed by atoms with Crippen LogP contribution < -0.4 is 4.90 Å². The molecule has 25 heavy (non-hydrogen) atoms. The average Bonchev–Trinajstić information content (AvgIpc) is 2.79. The van der Waals surface area contributed by atoms with Gasteiger partial charge in [-0.2, -0.15) is 4.89 Å². The van der Waals surface area contributed by atoms with Crippen LogP contribution in [0.5, 0.6) is 0 Å². The molecule has 7 nitrogen and oxygen atoms in total. The van der Waals surface area contributed by atoms with E-state index in [0.29, 0.717) is 5.57 Å². The Morgan fingerprint density at radius 2 is 1.80 bits per heavy atom. The minimum absolute atomic E-state index is 0.0123. The van der Waals surface area contributed by atoms with Gasteiger partial charge < -0.3 is 0 Å². The van der Waals surface area contributed by atoms with Gasteiger partial charge in [-0.25, -0.2) is 9.69 Å². The summed E-state index contributed by atoms with van der Waals surface area (Å²) in [6.45, 7) is 8.97. The minimum atomic E-state index is -0.875. The van der Waals surface area contributed by atoms with Crippen molar-refractivity contribution in [2.24, 2.45) is 5.92 Å². The highest BCUT2D eigenvalue weighted by molar-refractivity contribution is 6.31. The third-order valence-corrected chi connectivity index (χ3v) is 4.21. The lowest BCUT2D eigenvalue weighted by atomic mass is 9.95. The SMILES string of the molecule is CC1=CC(=O)N(c2ccccc2C(=O)OOOC(C)(C)C(C)C)C1=O. The Kier molecular flexibility index (Phi) is 5.39. The molecule has 0 spiro atoms. The number of para-hydroxylation sites is 1. The third kappa shape index (κ3) is 3.94. The maximum absolute atomic E-state index is 12.3. The van der Waals surface area contributed by atoms with Gasteiger partial charge in [0.1, 0.15) is 5.60 Å². The van der Waals surface area contributed by atoms with Gasteiger partial charge in [-0.3, -0.25) is 14.5 Å². The number of carbonyl (C=O) groups is 3. The molecular formula is C18H21NO6. The number of carbonyl (C=O) groups excluding carboxylic acids is 3. The second-order valence-electron chi connectivity index (χ2n) is 6.60. The van der Waals surface area contributed by atoms with Crippen LogP contribution in [0, 0.1) is 5.92 Å². The molecule has 0 aromatic heterocycles. The molecule has 2 rings (SSSR count). The Balaban J connectivity index is 2.14. The summed E-state index contributed by atoms with van der Waals surface area (Å²) in [5.74, 6) is -1.75. The Morgan fingerprint density at radius 1 is 1.16 bits per heavy atom. The molecule has 1 aliphatic rings. The highest BCUT2D eigenvalue weighted by Crippen LogP contribution is 2.27. The standard InChI is InChI=1S/C18H21NO6/c1-11(2)18(4,5)24-25-23-17(22)13-8-6-7-9-14(13)19-15(20)10-12(3)16(19)21/h6-11H,1-5H3. The van der Waals surface area contributed by atoms with Crippen molar-refractivity contribution in [2.75, 3.05) is 4.90 Å². The molecule has 1 aromatic rings. The molecule has 1 aromatic carbocycles. The molecule has 0 N–H and O–H groups in total. The first-order valence-corrected chi connectivity index (χ1v) is 7.87. The van der Waals surface area contributed by atoms with Crippen LogP contribution in [-0.2, 0) is 24.4 Å². The summed E-state index contributed by atoms with van der Waals surface area (Å²) in [4.78, 5) is 47.1. The molecule has 0 saturated carbocycles. The lowest BCUT2D eigenvalue weighted by Gasteiger charge is -2.26. The number of nitrogens with zero attached hydrogens (tertiary/aromatic N) is 1. The van der Waals surface area contributed by atoms with E-state index in [1.54, 1.807) is 26.0 Å². The number of rotatable bonds is 6. The lowest BCUT2D eigenvalue weighted by molar-refractivity contribution is -0.516. The van der Waals surface area contributed by atoms with E-state index in [1.807, 2.05) is 13.8 Å². The highest BCUT2D eigenvalue weighted by Gasteiger charge is 2.33. The third-order valence-electron chi connectivity index (χ3n) is 4.21. The summed E-state index contributed by atoms with van der Waals surface area (Å²) < 4.78 is 0. The predicted molar refractivity (Wildman–Crippen MR) is 89.2 cm³/mol. The van der Waals surface area contributed by atoms with Crippen LogP contribution in [0.4, 0.5) is 5.69 Å². The Labute approximate surface area is 146 Å². The monoisotopic (exact) mass is 347 g/mol. The van der Waals surface area contributed by atoms with E-state index < -0.39 is 23.4 Å². The van der Waals surface area contributed by atoms with Gasteiger partial charge in [-0.05, 0) is 43.9 Å². The maximum Gasteiger partial charge on any atom is 0.378 e. The average molecular weight is 347 g/mol. The van der Waals surface area contributed by atoms with Gasteiger partial charge in [-0.1, -0.05) is 26.0 Å². The molecule has 2 amide bonds. The summed E-state index contributed by atoms with van der Waals surface area (Å²) in [6.07, 6.45) is 1.22. The zero-order valence-corrected chi connectivity index (χ0v) is 14.9. The summed E-state index contributed by atoms with van der Waals surface area (Å²) >= 11 is 0. The second-order valence-corrected chi connectivity index (χ2v) is 6.60. The van der Waals surface area contributed by atoms with Gasteiger partial charge in [0, 0.05) is 11.6 Å². The molecule has 134 valence electrons. The summed E-state index contributed by atoms with van der Waals surface area (Å²) in [6, 6.07) is 6.12. The van der Waals surface area contributed by atoms with Crippen LogP contribution in [-0.4, -0.2) is 23.4 Å². The fourth-order valence-corrected chi connectivity index (χ4v) is 1.93. The number of hydrogen-bond acceptors (Lipinski definition) is 6. The number of hydrogen-bond donors (Lipinski definition) is 0. The zero-order chi connectivity index (χ0) is 18.8. The van der Waals surface area contributed by atoms with Crippen molar-refractivity contribution in [3.05, 3.63) is 41.5 Å². The first-order valence-electron chi connectivity index (χ1n) is 7.87. The Hall–Kier alpha value is -2.51. The van der Waals surface area contributed by atoms with E-state index in [0.717, 1.165) is 4.90 Å². The van der Waals surface area contributed by atoms with Gasteiger partial charge in [-0.15, -0.1) is 0 Å². The van der Waals surface area contributed by atoms with E-state index in [2.05, 4.69) is 9.93 Å². The van der Waals surface area contributed by atoms with Crippen molar-refractivity contribution in [2.45, 2.75) is 40.2 Å². The van der Waals surface area contributed by atoms with Crippen LogP contribution in [0.15, 0.2) is 35.9 Å². The smallest absolute Gasteiger partial charge is 0.269 e. The van der Waals surface area contributed by atoms with Gasteiger partial charge >= 0.3 is 5.97 Å². The van der Waals surface area contributed by atoms with E-state index >= 15 is 0 Å². The van der Waals surface area contributed by atoms with Crippen molar-refractivity contribution in [3.63, 3.8) is 0 Å². The first kappa shape index (κ1) is 18.8. The zero-order valence-electron chi connectivity index (χ0n) is 14.9. The first-order chi connectivity index (χ1) is 11.6. The van der Waals surface area contributed by atoms with E-state index in [-0.39, 0.29) is 17.2 Å². The van der Waals surface area contributed by atoms with E-state index in [1.165, 1.54) is 25.1 Å². The van der Waals surface area contributed by atoms with Crippen LogP contribution in [0.1, 0.15) is 45.0 Å². The number of anilines is 1. The van der Waals surface area contributed by atoms with Crippen LogP contribution in [0.25, 0.3) is 0 Å². The topological polar surface area (TPSA) is 82.1 Å². The molecule has 0 fully saturated rings. The van der Waals surface area contributed by atoms with Gasteiger partial charge in [0.05, 0.1) is 11.3 Å². The number of benzene rings is 1. The molecule has 0 atom stereocenters. The van der Waals surface area contributed by atoms with Crippen molar-refractivity contribution in [1.29, 1.82) is 0 Å². The predicted octanol–water partition coefficient (Wildman–Crippen LogP) is 2.96. The second kappa shape index (κ2) is 7.16. The lowest BCUT2D eigenvalue weighted by Crippen LogP contribution is -2.33. The fourth-order valence-electron chi connectivity index (χ4n) is 1.93. The van der Waals surface area contributed by atoms with E-state index in [9.17, 15) is 14.4 Å². The fraction of sp³-hybridized carbons (Fsp3) is 0.389. The van der Waals surface area contributed by atoms with Crippen LogP contribution >= 0.6 is 0 Å². The van der Waals surface area contributed by atoms with Crippen molar-refractivity contribution < 1.29 is 29.2 Å². The van der Waals surface area contributed by atoms with Crippen molar-refractivity contribution in [1.82, 2.24) is 0 Å².